The van der Waals surface area contributed by atoms with Crippen molar-refractivity contribution in [1.82, 2.24) is 0 Å². The number of cyclic esters (lactones) is 1. The molecule has 56 heavy (non-hydrogen) atoms. The number of carboxylic acids is 6. The van der Waals surface area contributed by atoms with Crippen molar-refractivity contribution in [1.29, 1.82) is 0 Å². The summed E-state index contributed by atoms with van der Waals surface area (Å²) in [5.74, 6) is -11.3. The van der Waals surface area contributed by atoms with E-state index < -0.39 is 109 Å². The molecule has 0 radical (unpaired) electrons. The van der Waals surface area contributed by atoms with Crippen LogP contribution in [-0.4, -0.2) is 160 Å². The van der Waals surface area contributed by atoms with Crippen molar-refractivity contribution in [2.75, 3.05) is 33.0 Å². The smallest absolute Gasteiger partial charge is 0.331 e. The highest BCUT2D eigenvalue weighted by atomic mass is 16.6. The van der Waals surface area contributed by atoms with E-state index in [4.69, 9.17) is 34.6 Å². The average molecular weight is 805 g/mol. The van der Waals surface area contributed by atoms with Gasteiger partial charge in [-0.3, -0.25) is 4.79 Å². The van der Waals surface area contributed by atoms with Crippen molar-refractivity contribution in [3.05, 3.63) is 73.3 Å². The van der Waals surface area contributed by atoms with Crippen LogP contribution in [0, 0.1) is 10.8 Å². The maximum absolute atomic E-state index is 12.5. The Balaban J connectivity index is 0.00000297. The topological polar surface area (TPSA) is 390 Å². The zero-order valence-electron chi connectivity index (χ0n) is 29.4. The molecule has 1 fully saturated rings. The molecule has 22 heteroatoms. The first kappa shape index (κ1) is 50.1. The van der Waals surface area contributed by atoms with E-state index >= 15 is 0 Å². The number of ether oxygens (including phenoxy) is 3. The van der Waals surface area contributed by atoms with Crippen LogP contribution < -0.4 is 0 Å². The second-order valence-electron chi connectivity index (χ2n) is 11.8. The molecule has 2 atom stereocenters. The molecule has 1 heterocycles. The third-order valence-corrected chi connectivity index (χ3v) is 8.09. The Morgan fingerprint density at radius 3 is 1.20 bits per heavy atom. The summed E-state index contributed by atoms with van der Waals surface area (Å²) in [6.45, 7) is -3.26. The lowest BCUT2D eigenvalue weighted by atomic mass is 9.56. The first-order valence-corrected chi connectivity index (χ1v) is 16.0. The summed E-state index contributed by atoms with van der Waals surface area (Å²) >= 11 is 0. The molecule has 0 bridgehead atoms. The Labute approximate surface area is 317 Å². The number of carbonyl (C=O) groups excluding carboxylic acids is 1. The molecule has 0 aromatic rings. The fourth-order valence-corrected chi connectivity index (χ4v) is 5.11. The van der Waals surface area contributed by atoms with Gasteiger partial charge in [-0.05, 0) is 43.6 Å². The lowest BCUT2D eigenvalue weighted by Crippen LogP contribution is -2.70. The van der Waals surface area contributed by atoms with Gasteiger partial charge in [-0.15, -0.1) is 0 Å². The van der Waals surface area contributed by atoms with Crippen LogP contribution in [0.3, 0.4) is 0 Å². The van der Waals surface area contributed by atoms with Gasteiger partial charge in [0, 0.05) is 30.7 Å². The molecule has 1 aliphatic heterocycles. The number of carboxylic acid groups (broad SMARTS) is 6. The normalized spacial score (nSPS) is 19.0. The minimum Gasteiger partial charge on any atom is -0.485 e. The van der Waals surface area contributed by atoms with Gasteiger partial charge < -0.3 is 75.5 Å². The second kappa shape index (κ2) is 23.8. The van der Waals surface area contributed by atoms with Crippen LogP contribution in [0.2, 0.25) is 0 Å². The Morgan fingerprint density at radius 1 is 0.589 bits per heavy atom. The predicted octanol–water partition coefficient (Wildman–Crippen LogP) is -1.98. The SMILES string of the molecule is O=C(O)C=COC(C=CC(=O)O)(C=CC(=O)O)C(CO)(C(O)C1CCCCC(=O)O1)C(C=CC(=O)O)(C=CC(=O)O)OC=CC(=O)O.OCC(CO)(CO)CO. The number of rotatable bonds is 23. The van der Waals surface area contributed by atoms with Crippen LogP contribution >= 0.6 is 0 Å². The van der Waals surface area contributed by atoms with E-state index in [2.05, 4.69) is 0 Å². The summed E-state index contributed by atoms with van der Waals surface area (Å²) in [6, 6.07) is 0. The summed E-state index contributed by atoms with van der Waals surface area (Å²) in [6.07, 6.45) is 0.248. The molecule has 0 aromatic heterocycles. The van der Waals surface area contributed by atoms with Crippen LogP contribution in [0.25, 0.3) is 0 Å². The zero-order chi connectivity index (χ0) is 43.2. The van der Waals surface area contributed by atoms with Crippen LogP contribution in [0.5, 0.6) is 0 Å². The maximum Gasteiger partial charge on any atom is 0.331 e. The van der Waals surface area contributed by atoms with Gasteiger partial charge in [0.05, 0.1) is 63.1 Å². The summed E-state index contributed by atoms with van der Waals surface area (Å²) < 4.78 is 16.6. The monoisotopic (exact) mass is 804 g/mol. The summed E-state index contributed by atoms with van der Waals surface area (Å²) in [5.41, 5.74) is -10.3. The third-order valence-electron chi connectivity index (χ3n) is 8.09. The molecular formula is C34H44O22. The average Bonchev–Trinajstić information content (AvgIpc) is 3.36. The lowest BCUT2D eigenvalue weighted by molar-refractivity contribution is -0.223. The Bertz CT molecular complexity index is 1400. The van der Waals surface area contributed by atoms with Crippen molar-refractivity contribution in [3.8, 4) is 0 Å². The fourth-order valence-electron chi connectivity index (χ4n) is 5.11. The van der Waals surface area contributed by atoms with Gasteiger partial charge in [0.15, 0.2) is 11.2 Å². The first-order valence-electron chi connectivity index (χ1n) is 16.0. The van der Waals surface area contributed by atoms with Crippen molar-refractivity contribution in [3.63, 3.8) is 0 Å². The van der Waals surface area contributed by atoms with E-state index in [1.54, 1.807) is 0 Å². The van der Waals surface area contributed by atoms with Crippen molar-refractivity contribution in [2.45, 2.75) is 49.1 Å². The summed E-state index contributed by atoms with van der Waals surface area (Å²) in [7, 11) is 0. The summed E-state index contributed by atoms with van der Waals surface area (Å²) in [5, 5.41) is 114. The lowest BCUT2D eigenvalue weighted by Gasteiger charge is -2.56. The molecule has 12 N–H and O–H groups in total. The zero-order valence-corrected chi connectivity index (χ0v) is 29.4. The van der Waals surface area contributed by atoms with Gasteiger partial charge in [-0.25, -0.2) is 28.8 Å². The third kappa shape index (κ3) is 14.4. The van der Waals surface area contributed by atoms with Crippen molar-refractivity contribution in [2.24, 2.45) is 10.8 Å². The first-order chi connectivity index (χ1) is 26.2. The molecule has 22 nitrogen and oxygen atoms in total. The predicted molar refractivity (Wildman–Crippen MR) is 183 cm³/mol. The highest BCUT2D eigenvalue weighted by Gasteiger charge is 2.68. The quantitative estimate of drug-likeness (QED) is 0.0302. The maximum atomic E-state index is 12.5. The molecule has 0 spiro atoms. The van der Waals surface area contributed by atoms with E-state index in [-0.39, 0.29) is 50.0 Å². The molecule has 2 unspecified atom stereocenters. The van der Waals surface area contributed by atoms with Crippen LogP contribution in [0.1, 0.15) is 25.7 Å². The summed E-state index contributed by atoms with van der Waals surface area (Å²) in [4.78, 5) is 82.4. The number of hydrogen-bond acceptors (Lipinski definition) is 16. The highest BCUT2D eigenvalue weighted by molar-refractivity contribution is 5.83. The molecule has 0 aromatic carbocycles. The number of esters is 1. The number of aliphatic carboxylic acids is 6. The van der Waals surface area contributed by atoms with Crippen LogP contribution in [0.4, 0.5) is 0 Å². The van der Waals surface area contributed by atoms with E-state index in [0.717, 1.165) is 0 Å². The van der Waals surface area contributed by atoms with Gasteiger partial charge >= 0.3 is 41.8 Å². The van der Waals surface area contributed by atoms with Gasteiger partial charge in [0.2, 0.25) is 0 Å². The number of carbonyl (C=O) groups is 7. The second-order valence-corrected chi connectivity index (χ2v) is 11.8. The minimum absolute atomic E-state index is 0.156. The molecule has 0 aliphatic carbocycles. The van der Waals surface area contributed by atoms with Crippen molar-refractivity contribution < 1.29 is 109 Å². The van der Waals surface area contributed by atoms with Gasteiger partial charge in [-0.1, -0.05) is 0 Å². The van der Waals surface area contributed by atoms with Gasteiger partial charge in [0.25, 0.3) is 0 Å². The number of hydrogen-bond donors (Lipinski definition) is 12. The van der Waals surface area contributed by atoms with E-state index in [1.165, 1.54) is 0 Å². The molecule has 0 saturated carbocycles. The number of aliphatic hydroxyl groups excluding tert-OH is 6. The highest BCUT2D eigenvalue weighted by Crippen LogP contribution is 2.54. The van der Waals surface area contributed by atoms with Crippen LogP contribution in [-0.2, 0) is 47.8 Å². The molecule has 1 saturated heterocycles. The van der Waals surface area contributed by atoms with E-state index in [9.17, 15) is 74.4 Å². The van der Waals surface area contributed by atoms with Gasteiger partial charge in [-0.2, -0.15) is 0 Å². The number of aliphatic hydroxyl groups is 6. The molecule has 1 rings (SSSR count). The Morgan fingerprint density at radius 2 is 0.929 bits per heavy atom. The van der Waals surface area contributed by atoms with Crippen molar-refractivity contribution >= 4 is 41.8 Å². The molecule has 0 amide bonds. The molecule has 312 valence electrons. The molecule has 1 aliphatic rings. The van der Waals surface area contributed by atoms with E-state index in [0.29, 0.717) is 49.0 Å². The van der Waals surface area contributed by atoms with E-state index in [1.807, 2.05) is 0 Å². The molecular weight excluding hydrogens is 760 g/mol. The van der Waals surface area contributed by atoms with Crippen LogP contribution in [0.15, 0.2) is 73.3 Å². The largest absolute Gasteiger partial charge is 0.485 e. The van der Waals surface area contributed by atoms with Gasteiger partial charge in [0.1, 0.15) is 17.6 Å². The fraction of sp³-hybridized carbons (Fsp3) is 0.441. The minimum atomic E-state index is -3.11. The Kier molecular flexibility index (Phi) is 21.3. The Hall–Kier alpha value is -5.91. The standard InChI is InChI=1S/C29H32O18.C5H12O4/c30-17-29(26(44)18-3-1-2-4-25(43)47-18,27(11-5-19(31)32,12-6-20(33)34)45-15-9-23(39)40)28(13-7-21(35)36,14-8-22(37)38)46-16-10-24(41)42;6-1-5(2-7,3-8)4-9/h5-16,18,26,30,44H,1-4,17H2,(H,31,32)(H,33,34)(H,35,36)(H,37,38)(H,39,40)(H,41,42);6-9H,1-4H2.